The fraction of sp³-hybridized carbons (Fsp3) is 0.222. The predicted molar refractivity (Wildman–Crippen MR) is 181 cm³/mol. The molecule has 0 heterocycles. The van der Waals surface area contributed by atoms with Gasteiger partial charge in [-0.25, -0.2) is 8.42 Å². The second-order valence-electron chi connectivity index (χ2n) is 11.0. The first-order chi connectivity index (χ1) is 21.1. The second-order valence-corrected chi connectivity index (χ2v) is 17.9. The Kier molecular flexibility index (Phi) is 14.2. The maximum absolute atomic E-state index is 12.2. The van der Waals surface area contributed by atoms with Crippen LogP contribution in [-0.4, -0.2) is 50.5 Å². The van der Waals surface area contributed by atoms with Gasteiger partial charge in [-0.1, -0.05) is 141 Å². The first kappa shape index (κ1) is 37.4. The van der Waals surface area contributed by atoms with Gasteiger partial charge in [0, 0.05) is 12.1 Å². The van der Waals surface area contributed by atoms with Crippen LogP contribution in [0.4, 0.5) is 13.2 Å². The number of sulfone groups is 1. The minimum Gasteiger partial charge on any atom is -0.396 e. The minimum atomic E-state index is -4.59. The van der Waals surface area contributed by atoms with Crippen molar-refractivity contribution in [3.05, 3.63) is 146 Å². The summed E-state index contributed by atoms with van der Waals surface area (Å²) in [5.41, 5.74) is 2.18. The molecule has 9 heteroatoms. The number of benzene rings is 4. The van der Waals surface area contributed by atoms with Gasteiger partial charge in [-0.05, 0) is 41.3 Å². The van der Waals surface area contributed by atoms with Gasteiger partial charge >= 0.3 is 6.18 Å². The monoisotopic (exact) mass is 654 g/mol. The van der Waals surface area contributed by atoms with E-state index in [-0.39, 0.29) is 17.1 Å². The van der Waals surface area contributed by atoms with Crippen LogP contribution in [0.25, 0.3) is 11.1 Å². The summed E-state index contributed by atoms with van der Waals surface area (Å²) in [5, 5.41) is 19.7. The molecule has 240 valence electrons. The predicted octanol–water partition coefficient (Wildman–Crippen LogP) is 7.71. The van der Waals surface area contributed by atoms with Crippen molar-refractivity contribution in [2.45, 2.75) is 49.3 Å². The van der Waals surface area contributed by atoms with Crippen LogP contribution >= 0.6 is 0 Å². The quantitative estimate of drug-likeness (QED) is 0.181. The number of aliphatic hydroxyl groups excluding tert-OH is 2. The van der Waals surface area contributed by atoms with Gasteiger partial charge in [0.05, 0.1) is 10.6 Å². The summed E-state index contributed by atoms with van der Waals surface area (Å²) >= 11 is 0. The molecule has 0 aliphatic heterocycles. The van der Waals surface area contributed by atoms with Crippen molar-refractivity contribution < 1.29 is 31.8 Å². The third-order valence-electron chi connectivity index (χ3n) is 7.21. The molecular formula is C36H41F3O4SSi. The molecule has 4 aromatic rings. The maximum Gasteiger partial charge on any atom is 0.414 e. The molecule has 4 nitrogen and oxygen atoms in total. The van der Waals surface area contributed by atoms with Gasteiger partial charge < -0.3 is 10.2 Å². The van der Waals surface area contributed by atoms with Crippen LogP contribution in [0.5, 0.6) is 0 Å². The van der Waals surface area contributed by atoms with Crippen molar-refractivity contribution >= 4 is 34.2 Å². The highest BCUT2D eigenvalue weighted by Gasteiger charge is 2.38. The van der Waals surface area contributed by atoms with Crippen LogP contribution < -0.4 is 5.19 Å². The molecule has 2 atom stereocenters. The van der Waals surface area contributed by atoms with Crippen LogP contribution in [-0.2, 0) is 9.84 Å². The smallest absolute Gasteiger partial charge is 0.396 e. The Hall–Kier alpha value is -3.76. The summed E-state index contributed by atoms with van der Waals surface area (Å²) in [6, 6.07) is 36.6. The lowest BCUT2D eigenvalue weighted by molar-refractivity contribution is -0.201. The SMILES string of the molecule is C=C(CC(O)C(F)(F)F)c1ccccc1.C=C(CS(=O)(=O)c1ccccc1)c1ccccc1.CC(O)[Si](C)(C)c1ccccc1. The van der Waals surface area contributed by atoms with Crippen LogP contribution in [0.2, 0.25) is 13.1 Å². The second kappa shape index (κ2) is 17.1. The van der Waals surface area contributed by atoms with E-state index in [2.05, 4.69) is 38.4 Å². The van der Waals surface area contributed by atoms with E-state index in [1.807, 2.05) is 55.5 Å². The van der Waals surface area contributed by atoms with Gasteiger partial charge in [-0.3, -0.25) is 0 Å². The van der Waals surface area contributed by atoms with E-state index < -0.39 is 36.6 Å². The van der Waals surface area contributed by atoms with E-state index in [1.165, 1.54) is 5.19 Å². The summed E-state index contributed by atoms with van der Waals surface area (Å²) in [4.78, 5) is 0.335. The molecule has 4 aromatic carbocycles. The number of hydrogen-bond donors (Lipinski definition) is 2. The molecule has 2 N–H and O–H groups in total. The van der Waals surface area contributed by atoms with Crippen molar-refractivity contribution in [3.8, 4) is 0 Å². The largest absolute Gasteiger partial charge is 0.414 e. The van der Waals surface area contributed by atoms with Crippen LogP contribution in [0, 0.1) is 0 Å². The zero-order valence-corrected chi connectivity index (χ0v) is 27.6. The molecule has 4 rings (SSSR count). The molecule has 0 saturated carbocycles. The van der Waals surface area contributed by atoms with Gasteiger partial charge in [0.15, 0.2) is 15.9 Å². The Bertz CT molecular complexity index is 1580. The molecule has 0 bridgehead atoms. The Morgan fingerprint density at radius 1 is 0.711 bits per heavy atom. The molecule has 0 amide bonds. The minimum absolute atomic E-state index is 0.0545. The summed E-state index contributed by atoms with van der Waals surface area (Å²) in [5.74, 6) is -0.0545. The topological polar surface area (TPSA) is 74.6 Å². The lowest BCUT2D eigenvalue weighted by atomic mass is 10.0. The maximum atomic E-state index is 12.2. The number of rotatable bonds is 9. The van der Waals surface area contributed by atoms with Crippen LogP contribution in [0.3, 0.4) is 0 Å². The fourth-order valence-electron chi connectivity index (χ4n) is 3.95. The van der Waals surface area contributed by atoms with Crippen molar-refractivity contribution in [1.29, 1.82) is 0 Å². The third-order valence-corrected chi connectivity index (χ3v) is 12.8. The van der Waals surface area contributed by atoms with Gasteiger partial charge in [-0.2, -0.15) is 13.2 Å². The van der Waals surface area contributed by atoms with E-state index >= 15 is 0 Å². The summed E-state index contributed by atoms with van der Waals surface area (Å²) in [7, 11) is -4.91. The molecule has 0 aliphatic carbocycles. The highest BCUT2D eigenvalue weighted by molar-refractivity contribution is 7.91. The van der Waals surface area contributed by atoms with Gasteiger partial charge in [-0.15, -0.1) is 0 Å². The van der Waals surface area contributed by atoms with E-state index in [4.69, 9.17) is 5.11 Å². The third kappa shape index (κ3) is 12.3. The highest BCUT2D eigenvalue weighted by Crippen LogP contribution is 2.27. The summed E-state index contributed by atoms with van der Waals surface area (Å²) in [6.07, 6.45) is -7.42. The molecule has 0 fully saturated rings. The van der Waals surface area contributed by atoms with Gasteiger partial charge in [0.25, 0.3) is 0 Å². The lowest BCUT2D eigenvalue weighted by Gasteiger charge is -2.25. The molecule has 0 spiro atoms. The molecular weight excluding hydrogens is 614 g/mol. The molecule has 2 unspecified atom stereocenters. The van der Waals surface area contributed by atoms with Crippen molar-refractivity contribution in [1.82, 2.24) is 0 Å². The molecule has 0 aliphatic rings. The summed E-state index contributed by atoms with van der Waals surface area (Å²) < 4.78 is 60.4. The highest BCUT2D eigenvalue weighted by atomic mass is 32.2. The number of halogens is 3. The summed E-state index contributed by atoms with van der Waals surface area (Å²) in [6.45, 7) is 13.6. The Morgan fingerprint density at radius 2 is 1.09 bits per heavy atom. The van der Waals surface area contributed by atoms with Crippen molar-refractivity contribution in [3.63, 3.8) is 0 Å². The van der Waals surface area contributed by atoms with Crippen LogP contribution in [0.1, 0.15) is 24.5 Å². The normalized spacial score (nSPS) is 12.8. The zero-order valence-electron chi connectivity index (χ0n) is 25.8. The van der Waals surface area contributed by atoms with Gasteiger partial charge in [0.1, 0.15) is 8.07 Å². The fourth-order valence-corrected chi connectivity index (χ4v) is 6.85. The lowest BCUT2D eigenvalue weighted by Crippen LogP contribution is -2.51. The van der Waals surface area contributed by atoms with E-state index in [9.17, 15) is 26.7 Å². The van der Waals surface area contributed by atoms with E-state index in [0.29, 0.717) is 16.0 Å². The first-order valence-electron chi connectivity index (χ1n) is 14.3. The first-order valence-corrected chi connectivity index (χ1v) is 19.0. The molecule has 0 saturated heterocycles. The van der Waals surface area contributed by atoms with E-state index in [0.717, 1.165) is 5.56 Å². The Labute approximate surface area is 266 Å². The van der Waals surface area contributed by atoms with Crippen molar-refractivity contribution in [2.24, 2.45) is 0 Å². The van der Waals surface area contributed by atoms with Crippen molar-refractivity contribution in [2.75, 3.05) is 5.75 Å². The average Bonchev–Trinajstić information content (AvgIpc) is 3.02. The molecule has 45 heavy (non-hydrogen) atoms. The molecule has 0 aromatic heterocycles. The Balaban J connectivity index is 0.000000240. The average molecular weight is 655 g/mol. The van der Waals surface area contributed by atoms with Gasteiger partial charge in [0.2, 0.25) is 0 Å². The standard InChI is InChI=1S/C15H14O2S.C11H11F3O.C10H16OSi/c1-13(14-8-4-2-5-9-14)12-18(16,17)15-10-6-3-7-11-15;1-8(7-10(15)11(12,13)14)9-5-3-2-4-6-9;1-9(11)12(2,3)10-7-5-4-6-8-10/h2-11H,1,12H2;2-6,10,15H,1,7H2;4-9,11H,1-3H3. The number of aliphatic hydroxyl groups is 2. The number of hydrogen-bond acceptors (Lipinski definition) is 4. The van der Waals surface area contributed by atoms with E-state index in [1.54, 1.807) is 60.7 Å². The molecule has 0 radical (unpaired) electrons. The van der Waals surface area contributed by atoms with Crippen LogP contribution in [0.15, 0.2) is 139 Å². The Morgan fingerprint density at radius 3 is 1.49 bits per heavy atom. The zero-order chi connectivity index (χ0) is 33.7. The number of alkyl halides is 3.